The number of phenolic OH excluding ortho intramolecular Hbond substituents is 2. The number of aromatic hydroxyl groups is 2. The first-order chi connectivity index (χ1) is 5.52. The lowest BCUT2D eigenvalue weighted by atomic mass is 10.3. The summed E-state index contributed by atoms with van der Waals surface area (Å²) in [5.41, 5.74) is -1.36. The van der Waals surface area contributed by atoms with Crippen molar-refractivity contribution < 1.29 is 20.1 Å². The Morgan fingerprint density at radius 2 is 1.58 bits per heavy atom. The molecule has 1 aromatic carbocycles. The number of carboxylic acid groups (broad SMARTS) is 1. The Morgan fingerprint density at radius 3 is 1.75 bits per heavy atom. The van der Waals surface area contributed by atoms with Crippen molar-refractivity contribution in [2.24, 2.45) is 0 Å². The van der Waals surface area contributed by atoms with Gasteiger partial charge < -0.3 is 15.3 Å². The SMILES string of the molecule is O=C(O)Cl.Oc1cccc(O)c1. The van der Waals surface area contributed by atoms with Crippen LogP contribution in [0, 0.1) is 0 Å². The standard InChI is InChI=1S/C6H6O2.CHClO2/c7-5-2-1-3-6(8)4-5;2-1(3)4/h1-4,7-8H;(H,3,4). The summed E-state index contributed by atoms with van der Waals surface area (Å²) in [6.07, 6.45) is 0. The Hall–Kier alpha value is -1.42. The summed E-state index contributed by atoms with van der Waals surface area (Å²) < 4.78 is 0. The molecular weight excluding hydrogens is 184 g/mol. The second-order valence-electron chi connectivity index (χ2n) is 1.77. The van der Waals surface area contributed by atoms with Crippen LogP contribution in [0.3, 0.4) is 0 Å². The number of hydrogen-bond acceptors (Lipinski definition) is 3. The molecule has 0 saturated carbocycles. The van der Waals surface area contributed by atoms with Crippen LogP contribution >= 0.6 is 11.6 Å². The first kappa shape index (κ1) is 10.6. The predicted octanol–water partition coefficient (Wildman–Crippen LogP) is 2.00. The summed E-state index contributed by atoms with van der Waals surface area (Å²) in [5.74, 6) is 0.176. The Balaban J connectivity index is 0.000000261. The average Bonchev–Trinajstić information content (AvgIpc) is 1.84. The quantitative estimate of drug-likeness (QED) is 0.547. The van der Waals surface area contributed by atoms with E-state index in [9.17, 15) is 0 Å². The minimum Gasteiger partial charge on any atom is -0.508 e. The van der Waals surface area contributed by atoms with Crippen LogP contribution in [0.5, 0.6) is 11.5 Å². The third-order valence-electron chi connectivity index (χ3n) is 0.830. The molecule has 66 valence electrons. The van der Waals surface area contributed by atoms with E-state index in [1.165, 1.54) is 18.2 Å². The number of carbonyl (C=O) groups is 1. The summed E-state index contributed by atoms with van der Waals surface area (Å²) >= 11 is 4.19. The Morgan fingerprint density at radius 1 is 1.25 bits per heavy atom. The van der Waals surface area contributed by atoms with Gasteiger partial charge in [-0.15, -0.1) is 0 Å². The molecule has 5 heteroatoms. The third-order valence-corrected chi connectivity index (χ3v) is 0.830. The maximum Gasteiger partial charge on any atom is 0.401 e. The molecule has 4 nitrogen and oxygen atoms in total. The fraction of sp³-hybridized carbons (Fsp3) is 0. The Kier molecular flexibility index (Phi) is 4.64. The molecule has 0 bridgehead atoms. The van der Waals surface area contributed by atoms with E-state index in [0.29, 0.717) is 0 Å². The molecule has 0 saturated heterocycles. The van der Waals surface area contributed by atoms with E-state index in [4.69, 9.17) is 20.1 Å². The number of hydrogen-bond donors (Lipinski definition) is 3. The van der Waals surface area contributed by atoms with Gasteiger partial charge in [-0.25, -0.2) is 4.79 Å². The molecule has 0 atom stereocenters. The maximum absolute atomic E-state index is 8.77. The van der Waals surface area contributed by atoms with Crippen LogP contribution in [0.1, 0.15) is 0 Å². The van der Waals surface area contributed by atoms with Crippen molar-refractivity contribution in [1.29, 1.82) is 0 Å². The van der Waals surface area contributed by atoms with Gasteiger partial charge in [0.15, 0.2) is 0 Å². The molecule has 1 rings (SSSR count). The van der Waals surface area contributed by atoms with Crippen LogP contribution in [0.2, 0.25) is 0 Å². The van der Waals surface area contributed by atoms with Crippen molar-refractivity contribution in [3.8, 4) is 11.5 Å². The van der Waals surface area contributed by atoms with Crippen LogP contribution in [0.25, 0.3) is 0 Å². The van der Waals surface area contributed by atoms with E-state index < -0.39 is 5.43 Å². The smallest absolute Gasteiger partial charge is 0.401 e. The van der Waals surface area contributed by atoms with Crippen molar-refractivity contribution in [1.82, 2.24) is 0 Å². The molecule has 0 aliphatic carbocycles. The lowest BCUT2D eigenvalue weighted by Gasteiger charge is -1.89. The lowest BCUT2D eigenvalue weighted by molar-refractivity contribution is 0.220. The first-order valence-electron chi connectivity index (χ1n) is 2.89. The highest BCUT2D eigenvalue weighted by Gasteiger charge is 1.85. The molecule has 3 N–H and O–H groups in total. The van der Waals surface area contributed by atoms with Gasteiger partial charge >= 0.3 is 5.43 Å². The zero-order valence-corrected chi connectivity index (χ0v) is 6.69. The summed E-state index contributed by atoms with van der Waals surface area (Å²) in [5, 5.41) is 24.5. The molecule has 12 heavy (non-hydrogen) atoms. The van der Waals surface area contributed by atoms with E-state index in [1.54, 1.807) is 6.07 Å². The zero-order valence-electron chi connectivity index (χ0n) is 5.94. The van der Waals surface area contributed by atoms with E-state index in [1.807, 2.05) is 0 Å². The number of halogens is 1. The molecule has 0 fully saturated rings. The maximum atomic E-state index is 8.77. The minimum atomic E-state index is -1.36. The summed E-state index contributed by atoms with van der Waals surface area (Å²) in [7, 11) is 0. The highest BCUT2D eigenvalue weighted by atomic mass is 35.5. The highest BCUT2D eigenvalue weighted by molar-refractivity contribution is 6.60. The third kappa shape index (κ3) is 6.70. The molecule has 0 radical (unpaired) electrons. The van der Waals surface area contributed by atoms with Crippen LogP contribution in [-0.2, 0) is 0 Å². The predicted molar refractivity (Wildman–Crippen MR) is 43.6 cm³/mol. The van der Waals surface area contributed by atoms with Crippen LogP contribution in [-0.4, -0.2) is 20.7 Å². The van der Waals surface area contributed by atoms with Crippen molar-refractivity contribution in [3.63, 3.8) is 0 Å². The monoisotopic (exact) mass is 190 g/mol. The van der Waals surface area contributed by atoms with E-state index >= 15 is 0 Å². The normalized spacial score (nSPS) is 8.08. The van der Waals surface area contributed by atoms with E-state index in [2.05, 4.69) is 11.6 Å². The van der Waals surface area contributed by atoms with Crippen molar-refractivity contribution in [2.45, 2.75) is 0 Å². The molecular formula is C7H7ClO4. The van der Waals surface area contributed by atoms with Gasteiger partial charge in [0.1, 0.15) is 11.5 Å². The largest absolute Gasteiger partial charge is 0.508 e. The van der Waals surface area contributed by atoms with Gasteiger partial charge in [0.2, 0.25) is 0 Å². The highest BCUT2D eigenvalue weighted by Crippen LogP contribution is 2.14. The van der Waals surface area contributed by atoms with Gasteiger partial charge in [0.05, 0.1) is 0 Å². The number of benzene rings is 1. The number of rotatable bonds is 0. The second kappa shape index (κ2) is 5.26. The van der Waals surface area contributed by atoms with E-state index in [0.717, 1.165) is 0 Å². The summed E-state index contributed by atoms with van der Waals surface area (Å²) in [6, 6.07) is 5.85. The van der Waals surface area contributed by atoms with Crippen molar-refractivity contribution in [3.05, 3.63) is 24.3 Å². The summed E-state index contributed by atoms with van der Waals surface area (Å²) in [6.45, 7) is 0. The van der Waals surface area contributed by atoms with Gasteiger partial charge in [0, 0.05) is 17.7 Å². The molecule has 0 aliphatic rings. The average molecular weight is 191 g/mol. The lowest BCUT2D eigenvalue weighted by Crippen LogP contribution is -1.66. The van der Waals surface area contributed by atoms with Gasteiger partial charge in [-0.3, -0.25) is 0 Å². The van der Waals surface area contributed by atoms with Gasteiger partial charge in [-0.05, 0) is 12.1 Å². The van der Waals surface area contributed by atoms with E-state index in [-0.39, 0.29) is 11.5 Å². The Labute approximate surface area is 73.6 Å². The Bertz CT molecular complexity index is 240. The van der Waals surface area contributed by atoms with Crippen LogP contribution in [0.4, 0.5) is 4.79 Å². The molecule has 0 heterocycles. The molecule has 1 aromatic rings. The zero-order chi connectivity index (χ0) is 9.56. The van der Waals surface area contributed by atoms with Gasteiger partial charge in [-0.1, -0.05) is 6.07 Å². The molecule has 0 unspecified atom stereocenters. The van der Waals surface area contributed by atoms with Crippen molar-refractivity contribution >= 4 is 17.0 Å². The second-order valence-corrected chi connectivity index (χ2v) is 2.10. The van der Waals surface area contributed by atoms with Gasteiger partial charge in [-0.2, -0.15) is 0 Å². The molecule has 0 aromatic heterocycles. The summed E-state index contributed by atoms with van der Waals surface area (Å²) in [4.78, 5) is 8.77. The molecule has 0 amide bonds. The topological polar surface area (TPSA) is 77.8 Å². The van der Waals surface area contributed by atoms with Gasteiger partial charge in [0.25, 0.3) is 0 Å². The molecule has 0 spiro atoms. The fourth-order valence-corrected chi connectivity index (χ4v) is 0.493. The van der Waals surface area contributed by atoms with Crippen LogP contribution in [0.15, 0.2) is 24.3 Å². The first-order valence-corrected chi connectivity index (χ1v) is 3.26. The van der Waals surface area contributed by atoms with Crippen molar-refractivity contribution in [2.75, 3.05) is 0 Å². The fourth-order valence-electron chi connectivity index (χ4n) is 0.493. The number of phenols is 2. The minimum absolute atomic E-state index is 0.0880. The molecule has 0 aliphatic heterocycles. The van der Waals surface area contributed by atoms with Crippen LogP contribution < -0.4 is 0 Å².